The summed E-state index contributed by atoms with van der Waals surface area (Å²) in [6.45, 7) is 1.52. The number of hydrogen-bond acceptors (Lipinski definition) is 5. The van der Waals surface area contributed by atoms with Gasteiger partial charge in [-0.05, 0) is 49.9 Å². The minimum atomic E-state index is -3.37. The summed E-state index contributed by atoms with van der Waals surface area (Å²) in [7, 11) is -3.37. The van der Waals surface area contributed by atoms with Gasteiger partial charge in [-0.3, -0.25) is 9.10 Å². The van der Waals surface area contributed by atoms with Gasteiger partial charge >= 0.3 is 5.97 Å². The number of anilines is 1. The van der Waals surface area contributed by atoms with Gasteiger partial charge in [0.2, 0.25) is 10.0 Å². The van der Waals surface area contributed by atoms with Crippen LogP contribution in [0.1, 0.15) is 48.5 Å². The normalized spacial score (nSPS) is 20.1. The van der Waals surface area contributed by atoms with Crippen LogP contribution in [0.4, 0.5) is 5.69 Å². The minimum Gasteiger partial charge on any atom is -0.452 e. The number of ether oxygens (including phenoxy) is 1. The molecule has 7 nitrogen and oxygen atoms in total. The average Bonchev–Trinajstić information content (AvgIpc) is 3.17. The molecule has 8 heteroatoms. The molecule has 1 aromatic carbocycles. The van der Waals surface area contributed by atoms with E-state index in [1.165, 1.54) is 16.6 Å². The van der Waals surface area contributed by atoms with Gasteiger partial charge in [0.05, 0.1) is 17.5 Å². The van der Waals surface area contributed by atoms with Gasteiger partial charge in [0, 0.05) is 12.1 Å². The lowest BCUT2D eigenvalue weighted by Crippen LogP contribution is -2.35. The Morgan fingerprint density at radius 3 is 2.62 bits per heavy atom. The van der Waals surface area contributed by atoms with Crippen LogP contribution >= 0.6 is 0 Å². The van der Waals surface area contributed by atoms with E-state index in [-0.39, 0.29) is 24.6 Å². The minimum absolute atomic E-state index is 0.185. The van der Waals surface area contributed by atoms with Crippen molar-refractivity contribution >= 4 is 27.6 Å². The Morgan fingerprint density at radius 2 is 1.96 bits per heavy atom. The average molecular weight is 380 g/mol. The molecule has 1 fully saturated rings. The van der Waals surface area contributed by atoms with Crippen LogP contribution in [0.25, 0.3) is 0 Å². The Balaban J connectivity index is 1.62. The number of fused-ring (bicyclic) bond motifs is 1. The highest BCUT2D eigenvalue weighted by atomic mass is 32.2. The fourth-order valence-electron chi connectivity index (χ4n) is 3.79. The molecule has 1 aliphatic carbocycles. The largest absolute Gasteiger partial charge is 0.452 e. The predicted octanol–water partition coefficient (Wildman–Crippen LogP) is 1.61. The first-order valence-corrected chi connectivity index (χ1v) is 10.7. The van der Waals surface area contributed by atoms with Gasteiger partial charge in [0.1, 0.15) is 0 Å². The number of hydrogen-bond donors (Lipinski definition) is 1. The Kier molecular flexibility index (Phi) is 5.22. The van der Waals surface area contributed by atoms with E-state index >= 15 is 0 Å². The van der Waals surface area contributed by atoms with Gasteiger partial charge in [-0.15, -0.1) is 0 Å². The first-order chi connectivity index (χ1) is 12.3. The number of amides is 1. The number of carbonyl (C=O) groups excluding carboxylic acids is 2. The maximum Gasteiger partial charge on any atom is 0.338 e. The zero-order valence-electron chi connectivity index (χ0n) is 15.0. The quantitative estimate of drug-likeness (QED) is 0.784. The van der Waals surface area contributed by atoms with Crippen LogP contribution in [0.5, 0.6) is 0 Å². The number of benzene rings is 1. The van der Waals surface area contributed by atoms with Crippen LogP contribution in [0.3, 0.4) is 0 Å². The number of rotatable bonds is 5. The SMILES string of the molecule is C[C@@H]1Cc2cc(C(=O)OCC(=O)NC3CCCC3)ccc2N1S(C)(=O)=O. The molecule has 0 spiro atoms. The lowest BCUT2D eigenvalue weighted by Gasteiger charge is -2.21. The standard InChI is InChI=1S/C18H24N2O5S/c1-12-9-14-10-13(7-8-16(14)20(12)26(2,23)24)18(22)25-11-17(21)19-15-5-3-4-6-15/h7-8,10,12,15H,3-6,9,11H2,1-2H3,(H,19,21)/t12-/m1/s1. The molecule has 0 aromatic heterocycles. The van der Waals surface area contributed by atoms with Crippen molar-refractivity contribution < 1.29 is 22.7 Å². The van der Waals surface area contributed by atoms with E-state index in [9.17, 15) is 18.0 Å². The molecule has 1 saturated carbocycles. The zero-order valence-corrected chi connectivity index (χ0v) is 15.8. The van der Waals surface area contributed by atoms with E-state index in [2.05, 4.69) is 5.32 Å². The maximum atomic E-state index is 12.2. The van der Waals surface area contributed by atoms with Gasteiger partial charge in [-0.2, -0.15) is 0 Å². The lowest BCUT2D eigenvalue weighted by atomic mass is 10.1. The third-order valence-electron chi connectivity index (χ3n) is 4.88. The summed E-state index contributed by atoms with van der Waals surface area (Å²) in [4.78, 5) is 24.1. The van der Waals surface area contributed by atoms with Gasteiger partial charge in [-0.25, -0.2) is 13.2 Å². The van der Waals surface area contributed by atoms with Crippen LogP contribution in [0.2, 0.25) is 0 Å². The summed E-state index contributed by atoms with van der Waals surface area (Å²) in [5.41, 5.74) is 1.70. The Hall–Kier alpha value is -2.09. The highest BCUT2D eigenvalue weighted by Crippen LogP contribution is 2.34. The second-order valence-electron chi connectivity index (χ2n) is 7.08. The van der Waals surface area contributed by atoms with Crippen LogP contribution in [-0.2, 0) is 26.0 Å². The summed E-state index contributed by atoms with van der Waals surface area (Å²) < 4.78 is 30.3. The molecule has 1 amide bonds. The Morgan fingerprint density at radius 1 is 1.27 bits per heavy atom. The molecule has 1 aliphatic heterocycles. The number of nitrogens with zero attached hydrogens (tertiary/aromatic N) is 1. The topological polar surface area (TPSA) is 92.8 Å². The number of nitrogens with one attached hydrogen (secondary N) is 1. The maximum absolute atomic E-state index is 12.2. The fourth-order valence-corrected chi connectivity index (χ4v) is 5.05. The van der Waals surface area contributed by atoms with Crippen LogP contribution < -0.4 is 9.62 Å². The van der Waals surface area contributed by atoms with Crippen molar-refractivity contribution in [2.24, 2.45) is 0 Å². The third-order valence-corrected chi connectivity index (χ3v) is 6.15. The van der Waals surface area contributed by atoms with Crippen molar-refractivity contribution in [3.63, 3.8) is 0 Å². The second-order valence-corrected chi connectivity index (χ2v) is 8.94. The first-order valence-electron chi connectivity index (χ1n) is 8.84. The molecule has 1 aromatic rings. The molecule has 1 N–H and O–H groups in total. The zero-order chi connectivity index (χ0) is 18.9. The fraction of sp³-hybridized carbons (Fsp3) is 0.556. The highest BCUT2D eigenvalue weighted by molar-refractivity contribution is 7.92. The Bertz CT molecular complexity index is 815. The molecule has 0 unspecified atom stereocenters. The van der Waals surface area contributed by atoms with Crippen molar-refractivity contribution in [2.75, 3.05) is 17.2 Å². The van der Waals surface area contributed by atoms with E-state index in [1.807, 2.05) is 6.92 Å². The number of sulfonamides is 1. The summed E-state index contributed by atoms with van der Waals surface area (Å²) in [6.07, 6.45) is 5.88. The van der Waals surface area contributed by atoms with Crippen molar-refractivity contribution in [1.82, 2.24) is 5.32 Å². The molecule has 2 aliphatic rings. The summed E-state index contributed by atoms with van der Waals surface area (Å²) in [6, 6.07) is 4.79. The van der Waals surface area contributed by atoms with Crippen LogP contribution in [0, 0.1) is 0 Å². The summed E-state index contributed by atoms with van der Waals surface area (Å²) >= 11 is 0. The number of esters is 1. The molecule has 0 saturated heterocycles. The third kappa shape index (κ3) is 4.00. The van der Waals surface area contributed by atoms with Gasteiger partial charge in [-0.1, -0.05) is 12.8 Å². The van der Waals surface area contributed by atoms with Crippen LogP contribution in [0.15, 0.2) is 18.2 Å². The van der Waals surface area contributed by atoms with Crippen molar-refractivity contribution in [1.29, 1.82) is 0 Å². The molecule has 1 atom stereocenters. The van der Waals surface area contributed by atoms with E-state index in [0.717, 1.165) is 31.2 Å². The van der Waals surface area contributed by atoms with Crippen molar-refractivity contribution in [3.8, 4) is 0 Å². The lowest BCUT2D eigenvalue weighted by molar-refractivity contribution is -0.124. The smallest absolute Gasteiger partial charge is 0.338 e. The van der Waals surface area contributed by atoms with Crippen molar-refractivity contribution in [3.05, 3.63) is 29.3 Å². The van der Waals surface area contributed by atoms with E-state index < -0.39 is 16.0 Å². The molecular formula is C18H24N2O5S. The van der Waals surface area contributed by atoms with Crippen LogP contribution in [-0.4, -0.2) is 45.2 Å². The molecular weight excluding hydrogens is 356 g/mol. The van der Waals surface area contributed by atoms with Crippen molar-refractivity contribution in [2.45, 2.75) is 51.1 Å². The van der Waals surface area contributed by atoms with Gasteiger partial charge in [0.15, 0.2) is 6.61 Å². The Labute approximate surface area is 153 Å². The van der Waals surface area contributed by atoms with Gasteiger partial charge < -0.3 is 10.1 Å². The second kappa shape index (κ2) is 7.26. The number of carbonyl (C=O) groups is 2. The first kappa shape index (κ1) is 18.7. The predicted molar refractivity (Wildman–Crippen MR) is 97.6 cm³/mol. The summed E-state index contributed by atoms with van der Waals surface area (Å²) in [5.74, 6) is -0.872. The molecule has 0 radical (unpaired) electrons. The molecule has 26 heavy (non-hydrogen) atoms. The molecule has 142 valence electrons. The van der Waals surface area contributed by atoms with Gasteiger partial charge in [0.25, 0.3) is 5.91 Å². The molecule has 0 bridgehead atoms. The molecule has 3 rings (SSSR count). The monoisotopic (exact) mass is 380 g/mol. The highest BCUT2D eigenvalue weighted by Gasteiger charge is 2.33. The van der Waals surface area contributed by atoms with E-state index in [1.54, 1.807) is 12.1 Å². The molecule has 1 heterocycles. The summed E-state index contributed by atoms with van der Waals surface area (Å²) in [5, 5.41) is 2.87. The van der Waals surface area contributed by atoms with E-state index in [4.69, 9.17) is 4.74 Å². The van der Waals surface area contributed by atoms with E-state index in [0.29, 0.717) is 17.7 Å².